The van der Waals surface area contributed by atoms with E-state index in [-0.39, 0.29) is 29.3 Å². The molecule has 0 saturated carbocycles. The van der Waals surface area contributed by atoms with Gasteiger partial charge in [-0.25, -0.2) is 0 Å². The number of nitrogens with zero attached hydrogens (tertiary/aromatic N) is 1. The zero-order valence-electron chi connectivity index (χ0n) is 24.3. The smallest absolute Gasteiger partial charge is 0.460 e. The Morgan fingerprint density at radius 1 is 0.636 bits per heavy atom. The number of aliphatic carboxylic acids is 1. The normalized spacial score (nSPS) is 15.3. The molecule has 1 atom stereocenters. The number of unbranched alkanes of at least 4 members (excludes halogenated alkanes) is 9. The Morgan fingerprint density at radius 2 is 1.07 bits per heavy atom. The molecular weight excluding hydrogens is 653 g/mol. The van der Waals surface area contributed by atoms with Crippen molar-refractivity contribution in [1.82, 2.24) is 0 Å². The molecule has 0 amide bonds. The van der Waals surface area contributed by atoms with Gasteiger partial charge in [0.05, 0.1) is 26.6 Å². The molecule has 0 fully saturated rings. The van der Waals surface area contributed by atoms with Crippen LogP contribution in [-0.4, -0.2) is 88.9 Å². The number of alkyl halides is 13. The quantitative estimate of drug-likeness (QED) is 0.0660. The van der Waals surface area contributed by atoms with Crippen LogP contribution in [0.5, 0.6) is 0 Å². The molecule has 262 valence electrons. The van der Waals surface area contributed by atoms with Crippen molar-refractivity contribution in [1.29, 1.82) is 0 Å². The fraction of sp³-hybridized carbons (Fsp3) is 0.923. The SMILES string of the molecule is CCCCCCCCCCCC[N+](C)(CCC(=O)O)CC(=O)SCCC(F)(F)C(F)(F)C(F)(F)C(F)(F)C(F)(F)C(F)(F)F. The van der Waals surface area contributed by atoms with Crippen molar-refractivity contribution in [3.05, 3.63) is 0 Å². The molecular formula is C26H39F13NO3S+. The molecule has 0 aromatic heterocycles. The first-order chi connectivity index (χ1) is 19.8. The van der Waals surface area contributed by atoms with Gasteiger partial charge in [0.15, 0.2) is 0 Å². The molecule has 44 heavy (non-hydrogen) atoms. The highest BCUT2D eigenvalue weighted by Gasteiger charge is 2.90. The summed E-state index contributed by atoms with van der Waals surface area (Å²) in [6.07, 6.45) is -0.562. The van der Waals surface area contributed by atoms with Gasteiger partial charge in [0.25, 0.3) is 0 Å². The van der Waals surface area contributed by atoms with Crippen LogP contribution >= 0.6 is 11.8 Å². The van der Waals surface area contributed by atoms with Crippen LogP contribution in [0.25, 0.3) is 0 Å². The first kappa shape index (κ1) is 42.5. The number of hydrogen-bond donors (Lipinski definition) is 1. The molecule has 0 spiro atoms. The minimum Gasteiger partial charge on any atom is -0.481 e. The van der Waals surface area contributed by atoms with Gasteiger partial charge < -0.3 is 9.59 Å². The third-order valence-electron chi connectivity index (χ3n) is 7.11. The molecule has 0 aliphatic rings. The number of carbonyl (C=O) groups is 2. The van der Waals surface area contributed by atoms with Crippen molar-refractivity contribution in [3.63, 3.8) is 0 Å². The summed E-state index contributed by atoms with van der Waals surface area (Å²) in [5.74, 6) is -39.9. The average Bonchev–Trinajstić information content (AvgIpc) is 2.87. The molecule has 0 rings (SSSR count). The lowest BCUT2D eigenvalue weighted by Crippen LogP contribution is -2.70. The number of hydrogen-bond acceptors (Lipinski definition) is 3. The maximum atomic E-state index is 14.0. The van der Waals surface area contributed by atoms with E-state index in [0.29, 0.717) is 6.42 Å². The van der Waals surface area contributed by atoms with E-state index in [2.05, 4.69) is 6.92 Å². The van der Waals surface area contributed by atoms with Crippen LogP contribution in [0.15, 0.2) is 0 Å². The Morgan fingerprint density at radius 3 is 1.50 bits per heavy atom. The second-order valence-corrected chi connectivity index (χ2v) is 12.2. The number of carboxylic acids is 1. The Kier molecular flexibility index (Phi) is 16.3. The van der Waals surface area contributed by atoms with Crippen molar-refractivity contribution in [3.8, 4) is 0 Å². The molecule has 0 aromatic rings. The standard InChI is InChI=1S/C26H38F13NO3S/c1-3-4-5-6-7-8-9-10-11-12-15-40(2,16-13-19(41)42)18-20(43)44-17-14-21(27,28)22(29,30)23(31,32)24(33,34)25(35,36)26(37,38)39/h3-18H2,1-2H3/p+1. The number of likely N-dealkylation sites (N-methyl/N-ethyl adjacent to an activating group) is 1. The molecule has 0 aliphatic heterocycles. The molecule has 4 nitrogen and oxygen atoms in total. The highest BCUT2D eigenvalue weighted by atomic mass is 32.2. The predicted molar refractivity (Wildman–Crippen MR) is 138 cm³/mol. The van der Waals surface area contributed by atoms with Crippen molar-refractivity contribution in [2.75, 3.05) is 32.4 Å². The first-order valence-electron chi connectivity index (χ1n) is 14.0. The van der Waals surface area contributed by atoms with Gasteiger partial charge in [-0.2, -0.15) is 57.1 Å². The van der Waals surface area contributed by atoms with E-state index >= 15 is 0 Å². The van der Waals surface area contributed by atoms with Crippen LogP contribution in [0.3, 0.4) is 0 Å². The van der Waals surface area contributed by atoms with Gasteiger partial charge in [0.1, 0.15) is 6.54 Å². The number of halogens is 13. The molecule has 18 heteroatoms. The van der Waals surface area contributed by atoms with Gasteiger partial charge in [-0.15, -0.1) is 0 Å². The lowest BCUT2D eigenvalue weighted by Gasteiger charge is -2.39. The van der Waals surface area contributed by atoms with E-state index in [4.69, 9.17) is 5.11 Å². The Hall–Kier alpha value is -1.46. The third kappa shape index (κ3) is 11.4. The molecule has 1 N–H and O–H groups in total. The first-order valence-corrected chi connectivity index (χ1v) is 15.0. The van der Waals surface area contributed by atoms with Gasteiger partial charge in [-0.1, -0.05) is 70.1 Å². The van der Waals surface area contributed by atoms with Crippen LogP contribution in [0.2, 0.25) is 0 Å². The Labute approximate surface area is 251 Å². The number of carboxylic acid groups (broad SMARTS) is 1. The number of thioether (sulfide) groups is 1. The van der Waals surface area contributed by atoms with E-state index in [0.717, 1.165) is 51.4 Å². The largest absolute Gasteiger partial charge is 0.481 e. The van der Waals surface area contributed by atoms with Gasteiger partial charge >= 0.3 is 41.8 Å². The molecule has 1 unspecified atom stereocenters. The van der Waals surface area contributed by atoms with E-state index in [1.807, 2.05) is 0 Å². The monoisotopic (exact) mass is 692 g/mol. The van der Waals surface area contributed by atoms with E-state index in [1.165, 1.54) is 13.5 Å². The number of rotatable bonds is 23. The van der Waals surface area contributed by atoms with Crippen molar-refractivity contribution >= 4 is 22.8 Å². The molecule has 0 bridgehead atoms. The van der Waals surface area contributed by atoms with Crippen molar-refractivity contribution in [2.24, 2.45) is 0 Å². The van der Waals surface area contributed by atoms with Gasteiger partial charge in [-0.05, 0) is 12.8 Å². The summed E-state index contributed by atoms with van der Waals surface area (Å²) in [6, 6.07) is 0. The third-order valence-corrected chi connectivity index (χ3v) is 7.96. The molecule has 0 heterocycles. The maximum Gasteiger partial charge on any atom is 0.460 e. The zero-order valence-corrected chi connectivity index (χ0v) is 25.2. The molecule has 0 saturated heterocycles. The highest BCUT2D eigenvalue weighted by molar-refractivity contribution is 8.13. The summed E-state index contributed by atoms with van der Waals surface area (Å²) in [5, 5.41) is 8.02. The average molecular weight is 693 g/mol. The molecule has 0 radical (unpaired) electrons. The van der Waals surface area contributed by atoms with Gasteiger partial charge in [-0.3, -0.25) is 9.59 Å². The maximum absolute atomic E-state index is 14.0. The second kappa shape index (κ2) is 16.9. The van der Waals surface area contributed by atoms with E-state index < -0.39 is 72.0 Å². The van der Waals surface area contributed by atoms with Crippen LogP contribution in [0, 0.1) is 0 Å². The minimum atomic E-state index is -7.97. The fourth-order valence-corrected chi connectivity index (χ4v) is 5.21. The summed E-state index contributed by atoms with van der Waals surface area (Å²) in [7, 11) is 1.47. The van der Waals surface area contributed by atoms with Crippen LogP contribution in [0.1, 0.15) is 84.0 Å². The zero-order chi connectivity index (χ0) is 34.7. The van der Waals surface area contributed by atoms with Gasteiger partial charge in [0.2, 0.25) is 5.12 Å². The highest BCUT2D eigenvalue weighted by Crippen LogP contribution is 2.60. The molecule has 0 aromatic carbocycles. The summed E-state index contributed by atoms with van der Waals surface area (Å²) in [4.78, 5) is 23.4. The Bertz CT molecular complexity index is 901. The topological polar surface area (TPSA) is 54.4 Å². The van der Waals surface area contributed by atoms with Crippen molar-refractivity contribution < 1.29 is 76.3 Å². The fourth-order valence-electron chi connectivity index (χ4n) is 4.23. The summed E-state index contributed by atoms with van der Waals surface area (Å²) in [5.41, 5.74) is 0. The molecule has 0 aliphatic carbocycles. The number of quaternary nitrogens is 1. The van der Waals surface area contributed by atoms with E-state index in [1.54, 1.807) is 0 Å². The Balaban J connectivity index is 5.22. The van der Waals surface area contributed by atoms with Crippen LogP contribution < -0.4 is 0 Å². The summed E-state index contributed by atoms with van der Waals surface area (Å²) in [6.45, 7) is 1.76. The lowest BCUT2D eigenvalue weighted by atomic mass is 9.93. The lowest BCUT2D eigenvalue weighted by molar-refractivity contribution is -0.901. The van der Waals surface area contributed by atoms with Crippen molar-refractivity contribution in [2.45, 2.75) is 120 Å². The van der Waals surface area contributed by atoms with E-state index in [9.17, 15) is 66.7 Å². The van der Waals surface area contributed by atoms with Crippen LogP contribution in [-0.2, 0) is 9.59 Å². The van der Waals surface area contributed by atoms with Gasteiger partial charge in [0, 0.05) is 12.2 Å². The summed E-state index contributed by atoms with van der Waals surface area (Å²) < 4.78 is 172. The minimum absolute atomic E-state index is 0.0952. The number of carbonyl (C=O) groups excluding carboxylic acids is 1. The van der Waals surface area contributed by atoms with Crippen LogP contribution in [0.4, 0.5) is 57.1 Å². The summed E-state index contributed by atoms with van der Waals surface area (Å²) >= 11 is -0.109. The second-order valence-electron chi connectivity index (χ2n) is 11.0. The predicted octanol–water partition coefficient (Wildman–Crippen LogP) is 9.22.